The number of likely N-dealkylation sites (N-methyl/N-ethyl adjacent to an activating group) is 1. The monoisotopic (exact) mass is 298 g/mol. The van der Waals surface area contributed by atoms with E-state index >= 15 is 0 Å². The maximum absolute atomic E-state index is 9.17. The lowest BCUT2D eigenvalue weighted by atomic mass is 9.81. The summed E-state index contributed by atoms with van der Waals surface area (Å²) in [6.07, 6.45) is 4.85. The Morgan fingerprint density at radius 3 is 2.33 bits per heavy atom. The molecule has 0 radical (unpaired) electrons. The standard InChI is InChI=1S/C17H34N2O2/c1-16(2)14(15(18-5)17(3,4)21-16)12-19(10-7-11-20)13-8-6-9-13/h13-15,18,20H,6-12H2,1-5H3. The van der Waals surface area contributed by atoms with E-state index in [0.29, 0.717) is 18.0 Å². The molecule has 0 spiro atoms. The molecule has 0 bridgehead atoms. The Labute approximate surface area is 130 Å². The minimum absolute atomic E-state index is 0.113. The van der Waals surface area contributed by atoms with Crippen LogP contribution in [0.1, 0.15) is 53.4 Å². The zero-order valence-electron chi connectivity index (χ0n) is 14.5. The average Bonchev–Trinajstić information content (AvgIpc) is 2.48. The van der Waals surface area contributed by atoms with Crippen molar-refractivity contribution in [2.24, 2.45) is 5.92 Å². The first-order valence-corrected chi connectivity index (χ1v) is 8.54. The molecule has 1 aliphatic heterocycles. The van der Waals surface area contributed by atoms with Crippen molar-refractivity contribution >= 4 is 0 Å². The summed E-state index contributed by atoms with van der Waals surface area (Å²) in [5.41, 5.74) is -0.246. The van der Waals surface area contributed by atoms with Crippen molar-refractivity contribution in [1.29, 1.82) is 0 Å². The van der Waals surface area contributed by atoms with Gasteiger partial charge in [0, 0.05) is 37.7 Å². The van der Waals surface area contributed by atoms with Gasteiger partial charge in [-0.15, -0.1) is 0 Å². The first-order chi connectivity index (χ1) is 9.81. The average molecular weight is 298 g/mol. The van der Waals surface area contributed by atoms with Crippen LogP contribution in [0.3, 0.4) is 0 Å². The van der Waals surface area contributed by atoms with E-state index in [-0.39, 0.29) is 17.8 Å². The number of aliphatic hydroxyl groups excluding tert-OH is 1. The van der Waals surface area contributed by atoms with Crippen LogP contribution in [-0.2, 0) is 4.74 Å². The molecule has 0 aromatic heterocycles. The normalized spacial score (nSPS) is 31.6. The van der Waals surface area contributed by atoms with Gasteiger partial charge < -0.3 is 15.2 Å². The lowest BCUT2D eigenvalue weighted by molar-refractivity contribution is -0.0808. The molecule has 1 heterocycles. The molecule has 0 amide bonds. The van der Waals surface area contributed by atoms with Gasteiger partial charge in [-0.05, 0) is 54.0 Å². The molecule has 1 saturated carbocycles. The van der Waals surface area contributed by atoms with Crippen LogP contribution in [-0.4, -0.2) is 60.0 Å². The molecular weight excluding hydrogens is 264 g/mol. The quantitative estimate of drug-likeness (QED) is 0.755. The highest BCUT2D eigenvalue weighted by molar-refractivity contribution is 5.06. The second kappa shape index (κ2) is 6.53. The molecule has 4 heteroatoms. The Bertz CT molecular complexity index is 340. The third-order valence-corrected chi connectivity index (χ3v) is 5.51. The summed E-state index contributed by atoms with van der Waals surface area (Å²) in [5, 5.41) is 12.7. The van der Waals surface area contributed by atoms with Crippen LogP contribution in [0.4, 0.5) is 0 Å². The zero-order chi connectivity index (χ0) is 15.7. The molecule has 2 N–H and O–H groups in total. The van der Waals surface area contributed by atoms with Crippen molar-refractivity contribution < 1.29 is 9.84 Å². The van der Waals surface area contributed by atoms with Gasteiger partial charge in [-0.3, -0.25) is 4.90 Å². The molecule has 2 fully saturated rings. The van der Waals surface area contributed by atoms with Crippen molar-refractivity contribution in [1.82, 2.24) is 10.2 Å². The van der Waals surface area contributed by atoms with Gasteiger partial charge in [0.15, 0.2) is 0 Å². The van der Waals surface area contributed by atoms with Gasteiger partial charge in [-0.25, -0.2) is 0 Å². The van der Waals surface area contributed by atoms with Crippen molar-refractivity contribution in [3.63, 3.8) is 0 Å². The van der Waals surface area contributed by atoms with E-state index in [1.807, 2.05) is 7.05 Å². The summed E-state index contributed by atoms with van der Waals surface area (Å²) in [6, 6.07) is 1.08. The largest absolute Gasteiger partial charge is 0.396 e. The first-order valence-electron chi connectivity index (χ1n) is 8.54. The second-order valence-electron chi connectivity index (χ2n) is 7.84. The molecule has 2 aliphatic rings. The molecule has 1 saturated heterocycles. The van der Waals surface area contributed by atoms with E-state index in [1.54, 1.807) is 0 Å². The van der Waals surface area contributed by atoms with Gasteiger partial charge in [0.25, 0.3) is 0 Å². The molecule has 0 aromatic carbocycles. The topological polar surface area (TPSA) is 44.7 Å². The van der Waals surface area contributed by atoms with Crippen LogP contribution >= 0.6 is 0 Å². The van der Waals surface area contributed by atoms with E-state index < -0.39 is 0 Å². The number of ether oxygens (including phenoxy) is 1. The zero-order valence-corrected chi connectivity index (χ0v) is 14.5. The second-order valence-corrected chi connectivity index (χ2v) is 7.84. The summed E-state index contributed by atoms with van der Waals surface area (Å²) >= 11 is 0. The van der Waals surface area contributed by atoms with Crippen molar-refractivity contribution in [2.75, 3.05) is 26.7 Å². The predicted octanol–water partition coefficient (Wildman–Crippen LogP) is 2.01. The fourth-order valence-corrected chi connectivity index (χ4v) is 4.28. The molecule has 124 valence electrons. The van der Waals surface area contributed by atoms with Crippen molar-refractivity contribution in [3.8, 4) is 0 Å². The number of nitrogens with zero attached hydrogens (tertiary/aromatic N) is 1. The highest BCUT2D eigenvalue weighted by Gasteiger charge is 2.53. The summed E-state index contributed by atoms with van der Waals surface area (Å²) in [7, 11) is 2.05. The first kappa shape index (κ1) is 17.2. The minimum Gasteiger partial charge on any atom is -0.396 e. The van der Waals surface area contributed by atoms with Crippen molar-refractivity contribution in [2.45, 2.75) is 76.7 Å². The Balaban J connectivity index is 2.09. The van der Waals surface area contributed by atoms with Crippen LogP contribution in [0.2, 0.25) is 0 Å². The van der Waals surface area contributed by atoms with E-state index in [2.05, 4.69) is 37.9 Å². The maximum atomic E-state index is 9.17. The summed E-state index contributed by atoms with van der Waals surface area (Å²) in [5.74, 6) is 0.469. The van der Waals surface area contributed by atoms with Crippen LogP contribution in [0.5, 0.6) is 0 Å². The summed E-state index contributed by atoms with van der Waals surface area (Å²) in [6.45, 7) is 11.2. The van der Waals surface area contributed by atoms with Crippen LogP contribution in [0.15, 0.2) is 0 Å². The van der Waals surface area contributed by atoms with Gasteiger partial charge >= 0.3 is 0 Å². The Hall–Kier alpha value is -0.160. The fraction of sp³-hybridized carbons (Fsp3) is 1.00. The molecule has 1 aliphatic carbocycles. The fourth-order valence-electron chi connectivity index (χ4n) is 4.28. The third kappa shape index (κ3) is 3.61. The number of nitrogens with one attached hydrogen (secondary N) is 1. The number of aliphatic hydroxyl groups is 1. The van der Waals surface area contributed by atoms with E-state index in [0.717, 1.165) is 19.5 Å². The molecule has 2 unspecified atom stereocenters. The molecule has 2 rings (SSSR count). The summed E-state index contributed by atoms with van der Waals surface area (Å²) < 4.78 is 6.35. The van der Waals surface area contributed by atoms with E-state index in [1.165, 1.54) is 19.3 Å². The van der Waals surface area contributed by atoms with E-state index in [9.17, 15) is 0 Å². The van der Waals surface area contributed by atoms with Gasteiger partial charge in [-0.2, -0.15) is 0 Å². The lowest BCUT2D eigenvalue weighted by Gasteiger charge is -2.42. The molecule has 21 heavy (non-hydrogen) atoms. The Morgan fingerprint density at radius 1 is 1.19 bits per heavy atom. The maximum Gasteiger partial charge on any atom is 0.0790 e. The van der Waals surface area contributed by atoms with Gasteiger partial charge in [-0.1, -0.05) is 6.42 Å². The minimum atomic E-state index is -0.134. The molecule has 2 atom stereocenters. The highest BCUT2D eigenvalue weighted by Crippen LogP contribution is 2.43. The lowest BCUT2D eigenvalue weighted by Crippen LogP contribution is -2.52. The number of hydrogen-bond acceptors (Lipinski definition) is 4. The van der Waals surface area contributed by atoms with Gasteiger partial charge in [0.1, 0.15) is 0 Å². The van der Waals surface area contributed by atoms with Crippen LogP contribution in [0, 0.1) is 5.92 Å². The summed E-state index contributed by atoms with van der Waals surface area (Å²) in [4.78, 5) is 2.60. The van der Waals surface area contributed by atoms with Gasteiger partial charge in [0.2, 0.25) is 0 Å². The van der Waals surface area contributed by atoms with E-state index in [4.69, 9.17) is 9.84 Å². The van der Waals surface area contributed by atoms with Gasteiger partial charge in [0.05, 0.1) is 11.2 Å². The molecule has 0 aromatic rings. The SMILES string of the molecule is CNC1C(CN(CCCO)C2CCC2)C(C)(C)OC1(C)C. The number of hydrogen-bond donors (Lipinski definition) is 2. The van der Waals surface area contributed by atoms with Crippen molar-refractivity contribution in [3.05, 3.63) is 0 Å². The molecular formula is C17H34N2O2. The third-order valence-electron chi connectivity index (χ3n) is 5.51. The Morgan fingerprint density at radius 2 is 1.86 bits per heavy atom. The smallest absolute Gasteiger partial charge is 0.0790 e. The predicted molar refractivity (Wildman–Crippen MR) is 86.5 cm³/mol. The van der Waals surface area contributed by atoms with Crippen LogP contribution in [0.25, 0.3) is 0 Å². The Kier molecular flexibility index (Phi) is 5.35. The molecule has 4 nitrogen and oxygen atoms in total. The number of rotatable bonds is 7. The van der Waals surface area contributed by atoms with Crippen LogP contribution < -0.4 is 5.32 Å². The highest BCUT2D eigenvalue weighted by atomic mass is 16.5.